The molecule has 1 saturated heterocycles. The summed E-state index contributed by atoms with van der Waals surface area (Å²) >= 11 is 0. The number of hydrogen-bond donors (Lipinski definition) is 0. The Labute approximate surface area is 84.7 Å². The number of likely N-dealkylation sites (N-methyl/N-ethyl adjacent to an activating group) is 1. The standard InChI is InChI=1S/C11H17NO2/c1-11-4-3-9(14-8-13)7-10(11)12(2)6-5-11/h7-8,10H,3-6H2,1-2H3/t10-,11-/m0/s1. The lowest BCUT2D eigenvalue weighted by atomic mass is 9.75. The second-order valence-electron chi connectivity index (χ2n) is 4.68. The first-order valence-electron chi connectivity index (χ1n) is 5.17. The lowest BCUT2D eigenvalue weighted by molar-refractivity contribution is -0.125. The number of nitrogens with zero attached hydrogens (tertiary/aromatic N) is 1. The molecule has 3 nitrogen and oxygen atoms in total. The summed E-state index contributed by atoms with van der Waals surface area (Å²) in [4.78, 5) is 12.6. The Kier molecular flexibility index (Phi) is 2.35. The van der Waals surface area contributed by atoms with Gasteiger partial charge < -0.3 is 4.74 Å². The van der Waals surface area contributed by atoms with Gasteiger partial charge in [-0.1, -0.05) is 6.92 Å². The lowest BCUT2D eigenvalue weighted by Gasteiger charge is -2.35. The maximum absolute atomic E-state index is 10.2. The summed E-state index contributed by atoms with van der Waals surface area (Å²) in [7, 11) is 2.14. The molecule has 0 N–H and O–H groups in total. The molecule has 0 radical (unpaired) electrons. The van der Waals surface area contributed by atoms with Crippen LogP contribution in [-0.4, -0.2) is 31.0 Å². The van der Waals surface area contributed by atoms with Crippen molar-refractivity contribution in [1.29, 1.82) is 0 Å². The first-order chi connectivity index (χ1) is 6.65. The summed E-state index contributed by atoms with van der Waals surface area (Å²) in [5.74, 6) is 0.844. The summed E-state index contributed by atoms with van der Waals surface area (Å²) in [5, 5.41) is 0. The van der Waals surface area contributed by atoms with Crippen LogP contribution in [0.15, 0.2) is 11.8 Å². The van der Waals surface area contributed by atoms with Gasteiger partial charge in [0.05, 0.1) is 0 Å². The Morgan fingerprint density at radius 3 is 3.14 bits per heavy atom. The van der Waals surface area contributed by atoms with Gasteiger partial charge in [-0.2, -0.15) is 0 Å². The summed E-state index contributed by atoms with van der Waals surface area (Å²) in [6.07, 6.45) is 5.39. The van der Waals surface area contributed by atoms with Crippen molar-refractivity contribution >= 4 is 6.47 Å². The third-order valence-electron chi connectivity index (χ3n) is 3.71. The fraction of sp³-hybridized carbons (Fsp3) is 0.727. The van der Waals surface area contributed by atoms with Gasteiger partial charge in [-0.25, -0.2) is 0 Å². The largest absolute Gasteiger partial charge is 0.434 e. The minimum absolute atomic E-state index is 0.393. The molecule has 0 spiro atoms. The van der Waals surface area contributed by atoms with E-state index in [1.54, 1.807) is 0 Å². The smallest absolute Gasteiger partial charge is 0.298 e. The molecule has 2 aliphatic rings. The van der Waals surface area contributed by atoms with Crippen molar-refractivity contribution < 1.29 is 9.53 Å². The average molecular weight is 195 g/mol. The second kappa shape index (κ2) is 3.39. The van der Waals surface area contributed by atoms with Crippen molar-refractivity contribution in [2.45, 2.75) is 32.2 Å². The quantitative estimate of drug-likeness (QED) is 0.626. The molecular weight excluding hydrogens is 178 g/mol. The van der Waals surface area contributed by atoms with Crippen LogP contribution in [0.5, 0.6) is 0 Å². The first kappa shape index (κ1) is 9.71. The van der Waals surface area contributed by atoms with Crippen LogP contribution < -0.4 is 0 Å². The molecule has 14 heavy (non-hydrogen) atoms. The van der Waals surface area contributed by atoms with Crippen molar-refractivity contribution in [3.63, 3.8) is 0 Å². The minimum Gasteiger partial charge on any atom is -0.434 e. The number of ether oxygens (including phenoxy) is 1. The molecule has 0 saturated carbocycles. The van der Waals surface area contributed by atoms with Gasteiger partial charge in [-0.3, -0.25) is 9.69 Å². The normalized spacial score (nSPS) is 37.6. The van der Waals surface area contributed by atoms with Crippen LogP contribution in [0.4, 0.5) is 0 Å². The molecule has 1 aliphatic heterocycles. The van der Waals surface area contributed by atoms with Crippen LogP contribution in [0.3, 0.4) is 0 Å². The van der Waals surface area contributed by atoms with Crippen molar-refractivity contribution in [3.05, 3.63) is 11.8 Å². The number of hydrogen-bond acceptors (Lipinski definition) is 3. The van der Waals surface area contributed by atoms with Crippen molar-refractivity contribution in [3.8, 4) is 0 Å². The molecule has 2 atom stereocenters. The molecular formula is C11H17NO2. The molecule has 3 heteroatoms. The zero-order chi connectivity index (χ0) is 10.2. The topological polar surface area (TPSA) is 29.5 Å². The molecule has 1 heterocycles. The Morgan fingerprint density at radius 2 is 2.43 bits per heavy atom. The zero-order valence-corrected chi connectivity index (χ0v) is 8.82. The van der Waals surface area contributed by atoms with Crippen LogP contribution in [0.25, 0.3) is 0 Å². The molecule has 1 fully saturated rings. The maximum atomic E-state index is 10.2. The van der Waals surface area contributed by atoms with E-state index in [1.807, 2.05) is 0 Å². The van der Waals surface area contributed by atoms with E-state index in [4.69, 9.17) is 4.74 Å². The van der Waals surface area contributed by atoms with E-state index in [9.17, 15) is 4.79 Å². The lowest BCUT2D eigenvalue weighted by Crippen LogP contribution is -2.37. The molecule has 0 amide bonds. The van der Waals surface area contributed by atoms with Gasteiger partial charge in [0, 0.05) is 12.5 Å². The van der Waals surface area contributed by atoms with Gasteiger partial charge in [0.25, 0.3) is 6.47 Å². The van der Waals surface area contributed by atoms with Crippen LogP contribution in [0.2, 0.25) is 0 Å². The number of likely N-dealkylation sites (tertiary alicyclic amines) is 1. The molecule has 0 bridgehead atoms. The molecule has 78 valence electrons. The van der Waals surface area contributed by atoms with Crippen molar-refractivity contribution in [1.82, 2.24) is 4.90 Å². The van der Waals surface area contributed by atoms with Gasteiger partial charge in [-0.15, -0.1) is 0 Å². The predicted octanol–water partition coefficient (Wildman–Crippen LogP) is 1.55. The van der Waals surface area contributed by atoms with E-state index in [1.165, 1.54) is 6.42 Å². The first-order valence-corrected chi connectivity index (χ1v) is 5.17. The Balaban J connectivity index is 2.19. The molecule has 0 unspecified atom stereocenters. The zero-order valence-electron chi connectivity index (χ0n) is 8.82. The highest BCUT2D eigenvalue weighted by molar-refractivity contribution is 5.40. The minimum atomic E-state index is 0.393. The van der Waals surface area contributed by atoms with E-state index in [-0.39, 0.29) is 0 Å². The highest BCUT2D eigenvalue weighted by atomic mass is 16.5. The summed E-state index contributed by atoms with van der Waals surface area (Å²) < 4.78 is 4.94. The van der Waals surface area contributed by atoms with Crippen molar-refractivity contribution in [2.75, 3.05) is 13.6 Å². The van der Waals surface area contributed by atoms with Gasteiger partial charge >= 0.3 is 0 Å². The van der Waals surface area contributed by atoms with Gasteiger partial charge in [0.15, 0.2) is 0 Å². The fourth-order valence-corrected chi connectivity index (χ4v) is 2.68. The maximum Gasteiger partial charge on any atom is 0.298 e. The van der Waals surface area contributed by atoms with Gasteiger partial charge in [0.2, 0.25) is 0 Å². The van der Waals surface area contributed by atoms with Crippen molar-refractivity contribution in [2.24, 2.45) is 5.41 Å². The monoisotopic (exact) mass is 195 g/mol. The second-order valence-corrected chi connectivity index (χ2v) is 4.68. The van der Waals surface area contributed by atoms with E-state index in [0.717, 1.165) is 25.1 Å². The third-order valence-corrected chi connectivity index (χ3v) is 3.71. The highest BCUT2D eigenvalue weighted by Gasteiger charge is 2.43. The fourth-order valence-electron chi connectivity index (χ4n) is 2.68. The number of allylic oxidation sites excluding steroid dienone is 1. The summed E-state index contributed by atoms with van der Waals surface area (Å²) in [6.45, 7) is 4.00. The van der Waals surface area contributed by atoms with Crippen LogP contribution in [0.1, 0.15) is 26.2 Å². The molecule has 2 rings (SSSR count). The molecule has 0 aromatic heterocycles. The summed E-state index contributed by atoms with van der Waals surface area (Å²) in [5.41, 5.74) is 0.393. The molecule has 0 aromatic carbocycles. The van der Waals surface area contributed by atoms with Gasteiger partial charge in [0.1, 0.15) is 5.76 Å². The van der Waals surface area contributed by atoms with Crippen LogP contribution in [-0.2, 0) is 9.53 Å². The van der Waals surface area contributed by atoms with Crippen LogP contribution in [0, 0.1) is 5.41 Å². The van der Waals surface area contributed by atoms with Gasteiger partial charge in [-0.05, 0) is 37.9 Å². The number of carbonyl (C=O) groups is 1. The predicted molar refractivity (Wildman–Crippen MR) is 53.6 cm³/mol. The average Bonchev–Trinajstić information content (AvgIpc) is 2.45. The van der Waals surface area contributed by atoms with E-state index >= 15 is 0 Å². The molecule has 0 aromatic rings. The van der Waals surface area contributed by atoms with E-state index in [0.29, 0.717) is 17.9 Å². The number of carbonyl (C=O) groups excluding carboxylic acids is 1. The highest BCUT2D eigenvalue weighted by Crippen LogP contribution is 2.44. The Bertz CT molecular complexity index is 274. The third kappa shape index (κ3) is 1.46. The number of rotatable bonds is 2. The number of fused-ring (bicyclic) bond motifs is 1. The van der Waals surface area contributed by atoms with E-state index < -0.39 is 0 Å². The molecule has 1 aliphatic carbocycles. The Morgan fingerprint density at radius 1 is 1.64 bits per heavy atom. The van der Waals surface area contributed by atoms with Crippen LogP contribution >= 0.6 is 0 Å². The Hall–Kier alpha value is -0.830. The summed E-state index contributed by atoms with van der Waals surface area (Å²) in [6, 6.07) is 0.450. The SMILES string of the molecule is CN1CC[C@]2(C)CCC(OC=O)=C[C@H]12. The van der Waals surface area contributed by atoms with E-state index in [2.05, 4.69) is 24.9 Å².